The van der Waals surface area contributed by atoms with Gasteiger partial charge in [-0.05, 0) is 18.1 Å². The summed E-state index contributed by atoms with van der Waals surface area (Å²) in [6.07, 6.45) is 0. The second kappa shape index (κ2) is 3.57. The SMILES string of the molecule is CCS/C=C1\C(=O)ON=C1C. The Morgan fingerprint density at radius 1 is 1.73 bits per heavy atom. The molecule has 1 aliphatic rings. The molecule has 0 aromatic rings. The summed E-state index contributed by atoms with van der Waals surface area (Å²) in [6.45, 7) is 3.78. The lowest BCUT2D eigenvalue weighted by Crippen LogP contribution is -2.00. The molecule has 60 valence electrons. The number of nitrogens with zero attached hydrogens (tertiary/aromatic N) is 1. The molecule has 0 saturated carbocycles. The van der Waals surface area contributed by atoms with Gasteiger partial charge in [0.05, 0.1) is 11.3 Å². The van der Waals surface area contributed by atoms with E-state index in [1.54, 1.807) is 24.1 Å². The van der Waals surface area contributed by atoms with Gasteiger partial charge in [0.25, 0.3) is 0 Å². The summed E-state index contributed by atoms with van der Waals surface area (Å²) < 4.78 is 0. The summed E-state index contributed by atoms with van der Waals surface area (Å²) in [5, 5.41) is 5.32. The molecule has 0 spiro atoms. The molecule has 0 fully saturated rings. The van der Waals surface area contributed by atoms with E-state index in [4.69, 9.17) is 0 Å². The fraction of sp³-hybridized carbons (Fsp3) is 0.429. The van der Waals surface area contributed by atoms with E-state index in [0.717, 1.165) is 5.75 Å². The lowest BCUT2D eigenvalue weighted by molar-refractivity contribution is -0.136. The van der Waals surface area contributed by atoms with Crippen LogP contribution in [-0.4, -0.2) is 17.4 Å². The van der Waals surface area contributed by atoms with Crippen LogP contribution in [0.15, 0.2) is 16.1 Å². The molecule has 0 saturated heterocycles. The highest BCUT2D eigenvalue weighted by Gasteiger charge is 2.21. The quantitative estimate of drug-likeness (QED) is 0.467. The number of rotatable bonds is 2. The number of carbonyl (C=O) groups excluding carboxylic acids is 1. The van der Waals surface area contributed by atoms with E-state index in [0.29, 0.717) is 11.3 Å². The van der Waals surface area contributed by atoms with Crippen LogP contribution in [0.3, 0.4) is 0 Å². The molecular weight excluding hydrogens is 162 g/mol. The summed E-state index contributed by atoms with van der Waals surface area (Å²) in [6, 6.07) is 0. The smallest absolute Gasteiger partial charge is 0.312 e. The van der Waals surface area contributed by atoms with Crippen LogP contribution < -0.4 is 0 Å². The summed E-state index contributed by atoms with van der Waals surface area (Å²) in [7, 11) is 0. The van der Waals surface area contributed by atoms with E-state index in [-0.39, 0.29) is 5.97 Å². The standard InChI is InChI=1S/C7H9NO2S/c1-3-11-4-6-5(2)8-10-7(6)9/h4H,3H2,1-2H3/b6-4-. The highest BCUT2D eigenvalue weighted by molar-refractivity contribution is 8.02. The number of oxime groups is 1. The van der Waals surface area contributed by atoms with Crippen molar-refractivity contribution in [1.29, 1.82) is 0 Å². The van der Waals surface area contributed by atoms with Crippen LogP contribution in [0, 0.1) is 0 Å². The normalized spacial score (nSPS) is 20.4. The van der Waals surface area contributed by atoms with Crippen molar-refractivity contribution < 1.29 is 9.63 Å². The Hall–Kier alpha value is -0.770. The zero-order valence-corrected chi connectivity index (χ0v) is 7.27. The van der Waals surface area contributed by atoms with Gasteiger partial charge >= 0.3 is 5.97 Å². The van der Waals surface area contributed by atoms with E-state index < -0.39 is 0 Å². The van der Waals surface area contributed by atoms with Crippen LogP contribution in [0.5, 0.6) is 0 Å². The van der Waals surface area contributed by atoms with Gasteiger partial charge in [-0.3, -0.25) is 0 Å². The minimum Gasteiger partial charge on any atom is -0.312 e. The fourth-order valence-corrected chi connectivity index (χ4v) is 1.26. The molecule has 11 heavy (non-hydrogen) atoms. The summed E-state index contributed by atoms with van der Waals surface area (Å²) in [5.74, 6) is 0.604. The van der Waals surface area contributed by atoms with Crippen LogP contribution in [0.25, 0.3) is 0 Å². The molecule has 1 rings (SSSR count). The van der Waals surface area contributed by atoms with E-state index in [9.17, 15) is 4.79 Å². The first-order valence-electron chi connectivity index (χ1n) is 3.33. The molecule has 1 aliphatic heterocycles. The van der Waals surface area contributed by atoms with E-state index in [1.807, 2.05) is 6.92 Å². The molecule has 0 aromatic heterocycles. The average Bonchev–Trinajstić information content (AvgIpc) is 2.29. The first-order chi connectivity index (χ1) is 5.25. The van der Waals surface area contributed by atoms with Crippen LogP contribution >= 0.6 is 11.8 Å². The first kappa shape index (κ1) is 8.33. The zero-order chi connectivity index (χ0) is 8.27. The van der Waals surface area contributed by atoms with Crippen LogP contribution in [0.1, 0.15) is 13.8 Å². The van der Waals surface area contributed by atoms with Crippen molar-refractivity contribution in [1.82, 2.24) is 0 Å². The molecule has 0 bridgehead atoms. The molecule has 4 heteroatoms. The minimum absolute atomic E-state index is 0.344. The van der Waals surface area contributed by atoms with Gasteiger partial charge in [0.1, 0.15) is 0 Å². The van der Waals surface area contributed by atoms with Crippen molar-refractivity contribution in [3.63, 3.8) is 0 Å². The monoisotopic (exact) mass is 171 g/mol. The van der Waals surface area contributed by atoms with Gasteiger partial charge in [-0.15, -0.1) is 11.8 Å². The van der Waals surface area contributed by atoms with Crippen molar-refractivity contribution in [2.45, 2.75) is 13.8 Å². The van der Waals surface area contributed by atoms with Crippen LogP contribution in [-0.2, 0) is 9.63 Å². The third-order valence-electron chi connectivity index (χ3n) is 1.24. The summed E-state index contributed by atoms with van der Waals surface area (Å²) in [5.41, 5.74) is 1.24. The lowest BCUT2D eigenvalue weighted by atomic mass is 10.2. The van der Waals surface area contributed by atoms with Crippen molar-refractivity contribution >= 4 is 23.4 Å². The maximum atomic E-state index is 10.9. The molecule has 0 amide bonds. The Labute approximate surface area is 69.5 Å². The highest BCUT2D eigenvalue weighted by Crippen LogP contribution is 2.15. The van der Waals surface area contributed by atoms with Crippen molar-refractivity contribution in [2.75, 3.05) is 5.75 Å². The molecule has 0 aliphatic carbocycles. The second-order valence-electron chi connectivity index (χ2n) is 2.04. The average molecular weight is 171 g/mol. The topological polar surface area (TPSA) is 38.7 Å². The minimum atomic E-state index is -0.344. The van der Waals surface area contributed by atoms with Gasteiger partial charge in [0.15, 0.2) is 0 Å². The largest absolute Gasteiger partial charge is 0.368 e. The maximum absolute atomic E-state index is 10.9. The molecule has 1 heterocycles. The molecule has 0 unspecified atom stereocenters. The van der Waals surface area contributed by atoms with Gasteiger partial charge in [-0.25, -0.2) is 4.79 Å². The summed E-state index contributed by atoms with van der Waals surface area (Å²) in [4.78, 5) is 15.3. The van der Waals surface area contributed by atoms with Gasteiger partial charge in [-0.1, -0.05) is 12.1 Å². The second-order valence-corrected chi connectivity index (χ2v) is 3.19. The Morgan fingerprint density at radius 2 is 2.45 bits per heavy atom. The number of thioether (sulfide) groups is 1. The number of hydrogen-bond acceptors (Lipinski definition) is 4. The number of carbonyl (C=O) groups is 1. The maximum Gasteiger partial charge on any atom is 0.368 e. The third-order valence-corrected chi connectivity index (χ3v) is 1.98. The number of hydrogen-bond donors (Lipinski definition) is 0. The van der Waals surface area contributed by atoms with E-state index >= 15 is 0 Å². The van der Waals surface area contributed by atoms with Gasteiger partial charge < -0.3 is 4.84 Å². The third kappa shape index (κ3) is 1.83. The van der Waals surface area contributed by atoms with Gasteiger partial charge in [0.2, 0.25) is 0 Å². The molecule has 0 radical (unpaired) electrons. The Bertz CT molecular complexity index is 233. The van der Waals surface area contributed by atoms with Crippen LogP contribution in [0.2, 0.25) is 0 Å². The van der Waals surface area contributed by atoms with Gasteiger partial charge in [-0.2, -0.15) is 0 Å². The summed E-state index contributed by atoms with van der Waals surface area (Å²) >= 11 is 1.57. The fourth-order valence-electron chi connectivity index (χ4n) is 0.656. The predicted octanol–water partition coefficient (Wildman–Crippen LogP) is 1.56. The Kier molecular flexibility index (Phi) is 2.70. The van der Waals surface area contributed by atoms with Gasteiger partial charge in [0, 0.05) is 0 Å². The van der Waals surface area contributed by atoms with E-state index in [1.165, 1.54) is 0 Å². The molecule has 0 aromatic carbocycles. The lowest BCUT2D eigenvalue weighted by Gasteiger charge is -1.90. The first-order valence-corrected chi connectivity index (χ1v) is 4.38. The Morgan fingerprint density at radius 3 is 2.91 bits per heavy atom. The molecule has 0 N–H and O–H groups in total. The van der Waals surface area contributed by atoms with Crippen LogP contribution in [0.4, 0.5) is 0 Å². The zero-order valence-electron chi connectivity index (χ0n) is 6.46. The highest BCUT2D eigenvalue weighted by atomic mass is 32.2. The van der Waals surface area contributed by atoms with Crippen molar-refractivity contribution in [2.24, 2.45) is 5.16 Å². The van der Waals surface area contributed by atoms with E-state index in [2.05, 4.69) is 9.99 Å². The van der Waals surface area contributed by atoms with Crippen molar-refractivity contribution in [3.05, 3.63) is 11.0 Å². The van der Waals surface area contributed by atoms with Crippen molar-refractivity contribution in [3.8, 4) is 0 Å². The predicted molar refractivity (Wildman–Crippen MR) is 45.4 cm³/mol. The Balaban J connectivity index is 2.69. The molecule has 0 atom stereocenters. The molecule has 3 nitrogen and oxygen atoms in total. The molecular formula is C7H9NO2S.